The van der Waals surface area contributed by atoms with Gasteiger partial charge >= 0.3 is 0 Å². The van der Waals surface area contributed by atoms with Gasteiger partial charge in [-0.05, 0) is 30.3 Å². The highest BCUT2D eigenvalue weighted by Gasteiger charge is 2.20. The van der Waals surface area contributed by atoms with Crippen LogP contribution in [0.3, 0.4) is 0 Å². The molecule has 0 unspecified atom stereocenters. The summed E-state index contributed by atoms with van der Waals surface area (Å²) in [6, 6.07) is 32.0. The van der Waals surface area contributed by atoms with Gasteiger partial charge in [0.2, 0.25) is 0 Å². The molecule has 0 aliphatic rings. The van der Waals surface area contributed by atoms with Crippen LogP contribution >= 0.6 is 0 Å². The predicted molar refractivity (Wildman–Crippen MR) is 132 cm³/mol. The maximum atomic E-state index is 12.9. The Morgan fingerprint density at radius 2 is 1.12 bits per heavy atom. The van der Waals surface area contributed by atoms with Crippen LogP contribution in [-0.2, 0) is 10.0 Å². The van der Waals surface area contributed by atoms with Gasteiger partial charge in [-0.25, -0.2) is 23.1 Å². The highest BCUT2D eigenvalue weighted by Crippen LogP contribution is 2.31. The molecule has 0 atom stereocenters. The van der Waals surface area contributed by atoms with Crippen LogP contribution in [0.1, 0.15) is 10.4 Å². The van der Waals surface area contributed by atoms with Crippen molar-refractivity contribution in [3.8, 4) is 22.5 Å². The lowest BCUT2D eigenvalue weighted by Gasteiger charge is -2.12. The second-order valence-electron chi connectivity index (χ2n) is 7.60. The van der Waals surface area contributed by atoms with E-state index in [4.69, 9.17) is 9.97 Å². The van der Waals surface area contributed by atoms with Gasteiger partial charge in [0.25, 0.3) is 15.9 Å². The first-order valence-corrected chi connectivity index (χ1v) is 12.0. The number of hydrogen-bond acceptors (Lipinski definition) is 5. The molecule has 0 saturated heterocycles. The zero-order valence-electron chi connectivity index (χ0n) is 17.9. The Morgan fingerprint density at radius 3 is 1.68 bits per heavy atom. The Kier molecular flexibility index (Phi) is 5.61. The molecule has 0 saturated carbocycles. The fraction of sp³-hybridized carbons (Fsp3) is 0. The second-order valence-corrected chi connectivity index (χ2v) is 9.29. The molecule has 166 valence electrons. The summed E-state index contributed by atoms with van der Waals surface area (Å²) < 4.78 is 28.0. The SMILES string of the molecule is O=C(NS(=O)(=O)c1ccc2nc(-c3ccccc3)c(-c3ccccc3)nc2c1)c1ccccc1. The van der Waals surface area contributed by atoms with Crippen LogP contribution in [0.5, 0.6) is 0 Å². The summed E-state index contributed by atoms with van der Waals surface area (Å²) in [5.41, 5.74) is 4.32. The Hall–Kier alpha value is -4.36. The number of benzene rings is 4. The smallest absolute Gasteiger partial charge is 0.264 e. The quantitative estimate of drug-likeness (QED) is 0.391. The number of nitrogens with one attached hydrogen (secondary N) is 1. The summed E-state index contributed by atoms with van der Waals surface area (Å²) in [7, 11) is -4.11. The summed E-state index contributed by atoms with van der Waals surface area (Å²) in [5, 5.41) is 0. The molecule has 4 aromatic carbocycles. The first-order valence-electron chi connectivity index (χ1n) is 10.6. The number of nitrogens with zero attached hydrogens (tertiary/aromatic N) is 2. The van der Waals surface area contributed by atoms with Gasteiger partial charge in [0.15, 0.2) is 0 Å². The second kappa shape index (κ2) is 8.88. The molecule has 34 heavy (non-hydrogen) atoms. The number of rotatable bonds is 5. The molecule has 0 aliphatic carbocycles. The number of hydrogen-bond donors (Lipinski definition) is 1. The molecule has 0 fully saturated rings. The molecule has 7 heteroatoms. The summed E-state index contributed by atoms with van der Waals surface area (Å²) in [6.07, 6.45) is 0. The van der Waals surface area contributed by atoms with E-state index in [2.05, 4.69) is 4.72 Å². The van der Waals surface area contributed by atoms with Crippen molar-refractivity contribution < 1.29 is 13.2 Å². The van der Waals surface area contributed by atoms with Crippen LogP contribution in [0.15, 0.2) is 114 Å². The van der Waals surface area contributed by atoms with Crippen molar-refractivity contribution in [2.45, 2.75) is 4.90 Å². The van der Waals surface area contributed by atoms with E-state index in [1.54, 1.807) is 36.4 Å². The van der Waals surface area contributed by atoms with Crippen molar-refractivity contribution in [1.29, 1.82) is 0 Å². The molecule has 1 amide bonds. The van der Waals surface area contributed by atoms with Crippen LogP contribution < -0.4 is 4.72 Å². The van der Waals surface area contributed by atoms with E-state index in [9.17, 15) is 13.2 Å². The Bertz CT molecular complexity index is 1590. The molecule has 1 heterocycles. The number of sulfonamides is 1. The van der Waals surface area contributed by atoms with Gasteiger partial charge in [-0.3, -0.25) is 4.79 Å². The van der Waals surface area contributed by atoms with E-state index in [1.807, 2.05) is 60.7 Å². The van der Waals surface area contributed by atoms with Crippen molar-refractivity contribution >= 4 is 27.0 Å². The predicted octanol–water partition coefficient (Wildman–Crippen LogP) is 5.08. The van der Waals surface area contributed by atoms with E-state index < -0.39 is 15.9 Å². The standard InChI is InChI=1S/C27H19N3O3S/c31-27(21-14-8-3-9-15-21)30-34(32,33)22-16-17-23-24(18-22)29-26(20-12-6-2-7-13-20)25(28-23)19-10-4-1-5-11-19/h1-18H,(H,30,31). The third-order valence-electron chi connectivity index (χ3n) is 5.30. The monoisotopic (exact) mass is 465 g/mol. The van der Waals surface area contributed by atoms with Crippen LogP contribution in [0.25, 0.3) is 33.5 Å². The van der Waals surface area contributed by atoms with Gasteiger partial charge in [-0.15, -0.1) is 0 Å². The van der Waals surface area contributed by atoms with E-state index in [0.29, 0.717) is 22.4 Å². The lowest BCUT2D eigenvalue weighted by molar-refractivity contribution is 0.0981. The first-order chi connectivity index (χ1) is 16.5. The number of carbonyl (C=O) groups excluding carboxylic acids is 1. The van der Waals surface area contributed by atoms with E-state index in [1.165, 1.54) is 12.1 Å². The zero-order valence-corrected chi connectivity index (χ0v) is 18.7. The molecule has 0 spiro atoms. The minimum atomic E-state index is -4.11. The molecular formula is C27H19N3O3S. The third kappa shape index (κ3) is 4.29. The Morgan fingerprint density at radius 1 is 0.618 bits per heavy atom. The maximum absolute atomic E-state index is 12.9. The third-order valence-corrected chi connectivity index (χ3v) is 6.63. The number of aromatic nitrogens is 2. The van der Waals surface area contributed by atoms with Gasteiger partial charge in [0, 0.05) is 16.7 Å². The topological polar surface area (TPSA) is 89.0 Å². The molecular weight excluding hydrogens is 446 g/mol. The lowest BCUT2D eigenvalue weighted by Crippen LogP contribution is -2.30. The average Bonchev–Trinajstić information content (AvgIpc) is 2.89. The van der Waals surface area contributed by atoms with Crippen LogP contribution in [-0.4, -0.2) is 24.3 Å². The summed E-state index contributed by atoms with van der Waals surface area (Å²) in [6.45, 7) is 0. The zero-order chi connectivity index (χ0) is 23.5. The molecule has 5 rings (SSSR count). The normalized spacial score (nSPS) is 11.3. The first kappa shape index (κ1) is 21.5. The Labute approximate surface area is 197 Å². The average molecular weight is 466 g/mol. The molecule has 0 bridgehead atoms. The molecule has 1 aromatic heterocycles. The van der Waals surface area contributed by atoms with E-state index >= 15 is 0 Å². The molecule has 6 nitrogen and oxygen atoms in total. The number of carbonyl (C=O) groups is 1. The van der Waals surface area contributed by atoms with Gasteiger partial charge < -0.3 is 0 Å². The highest BCUT2D eigenvalue weighted by molar-refractivity contribution is 7.90. The summed E-state index contributed by atoms with van der Waals surface area (Å²) in [5.74, 6) is -0.698. The van der Waals surface area contributed by atoms with Crippen LogP contribution in [0.2, 0.25) is 0 Å². The van der Waals surface area contributed by atoms with Crippen molar-refractivity contribution in [2.24, 2.45) is 0 Å². The van der Waals surface area contributed by atoms with E-state index in [0.717, 1.165) is 11.1 Å². The van der Waals surface area contributed by atoms with Gasteiger partial charge in [-0.2, -0.15) is 0 Å². The summed E-state index contributed by atoms with van der Waals surface area (Å²) >= 11 is 0. The maximum Gasteiger partial charge on any atom is 0.264 e. The van der Waals surface area contributed by atoms with E-state index in [-0.39, 0.29) is 10.5 Å². The minimum absolute atomic E-state index is 0.0648. The minimum Gasteiger partial charge on any atom is -0.268 e. The molecule has 0 aliphatic heterocycles. The summed E-state index contributed by atoms with van der Waals surface area (Å²) in [4.78, 5) is 22.0. The fourth-order valence-corrected chi connectivity index (χ4v) is 4.62. The molecule has 5 aromatic rings. The highest BCUT2D eigenvalue weighted by atomic mass is 32.2. The molecule has 1 N–H and O–H groups in total. The van der Waals surface area contributed by atoms with Gasteiger partial charge in [-0.1, -0.05) is 78.9 Å². The number of fused-ring (bicyclic) bond motifs is 1. The van der Waals surface area contributed by atoms with Gasteiger partial charge in [0.1, 0.15) is 0 Å². The van der Waals surface area contributed by atoms with Crippen molar-refractivity contribution in [1.82, 2.24) is 14.7 Å². The van der Waals surface area contributed by atoms with Crippen LogP contribution in [0, 0.1) is 0 Å². The fourth-order valence-electron chi connectivity index (χ4n) is 3.63. The van der Waals surface area contributed by atoms with Crippen molar-refractivity contribution in [3.63, 3.8) is 0 Å². The largest absolute Gasteiger partial charge is 0.268 e. The molecule has 0 radical (unpaired) electrons. The Balaban J connectivity index is 1.60. The van der Waals surface area contributed by atoms with Crippen molar-refractivity contribution in [2.75, 3.05) is 0 Å². The van der Waals surface area contributed by atoms with Gasteiger partial charge in [0.05, 0.1) is 27.3 Å². The van der Waals surface area contributed by atoms with Crippen LogP contribution in [0.4, 0.5) is 0 Å². The van der Waals surface area contributed by atoms with Crippen molar-refractivity contribution in [3.05, 3.63) is 115 Å². The number of amides is 1. The lowest BCUT2D eigenvalue weighted by atomic mass is 10.0.